The molecule has 0 bridgehead atoms. The van der Waals surface area contributed by atoms with Crippen LogP contribution in [0.4, 0.5) is 0 Å². The van der Waals surface area contributed by atoms with Gasteiger partial charge in [-0.3, -0.25) is 4.79 Å². The van der Waals surface area contributed by atoms with E-state index >= 15 is 0 Å². The fourth-order valence-electron chi connectivity index (χ4n) is 3.06. The largest absolute Gasteiger partial charge is 0.350 e. The Labute approximate surface area is 135 Å². The first-order valence-electron chi connectivity index (χ1n) is 7.81. The second-order valence-electron chi connectivity index (χ2n) is 6.27. The maximum atomic E-state index is 12.3. The van der Waals surface area contributed by atoms with Gasteiger partial charge in [-0.1, -0.05) is 54.2 Å². The Morgan fingerprint density at radius 3 is 2.48 bits per heavy atom. The number of carbonyl (C=O) groups is 1. The van der Waals surface area contributed by atoms with Gasteiger partial charge >= 0.3 is 0 Å². The minimum absolute atomic E-state index is 0.0907. The van der Waals surface area contributed by atoms with Gasteiger partial charge in [-0.25, -0.2) is 0 Å². The Kier molecular flexibility index (Phi) is 5.82. The molecule has 0 aliphatic heterocycles. The van der Waals surface area contributed by atoms with Crippen LogP contribution in [0.2, 0.25) is 0 Å². The molecule has 1 fully saturated rings. The lowest BCUT2D eigenvalue weighted by molar-refractivity contribution is -0.126. The molecule has 1 amide bonds. The summed E-state index contributed by atoms with van der Waals surface area (Å²) in [6.07, 6.45) is 6.67. The van der Waals surface area contributed by atoms with Crippen molar-refractivity contribution in [3.8, 4) is 0 Å². The number of hydrogen-bond acceptors (Lipinski definition) is 2. The molecule has 116 valence electrons. The van der Waals surface area contributed by atoms with Gasteiger partial charge in [-0.05, 0) is 37.0 Å². The van der Waals surface area contributed by atoms with E-state index in [9.17, 15) is 4.79 Å². The molecular weight excluding hydrogens is 328 g/mol. The van der Waals surface area contributed by atoms with Gasteiger partial charge < -0.3 is 11.1 Å². The van der Waals surface area contributed by atoms with Crippen molar-refractivity contribution in [3.63, 3.8) is 0 Å². The summed E-state index contributed by atoms with van der Waals surface area (Å²) in [5.41, 5.74) is 6.81. The van der Waals surface area contributed by atoms with Gasteiger partial charge in [0, 0.05) is 22.5 Å². The summed E-state index contributed by atoms with van der Waals surface area (Å²) >= 11 is 3.47. The number of halogens is 1. The van der Waals surface area contributed by atoms with Gasteiger partial charge in [-0.15, -0.1) is 0 Å². The Morgan fingerprint density at radius 1 is 1.29 bits per heavy atom. The van der Waals surface area contributed by atoms with E-state index in [1.165, 1.54) is 24.8 Å². The van der Waals surface area contributed by atoms with E-state index in [2.05, 4.69) is 45.5 Å². The lowest BCUT2D eigenvalue weighted by Crippen LogP contribution is -2.53. The van der Waals surface area contributed by atoms with E-state index in [1.807, 2.05) is 6.92 Å². The summed E-state index contributed by atoms with van der Waals surface area (Å²) in [5.74, 6) is -0.0229. The third kappa shape index (κ3) is 4.55. The van der Waals surface area contributed by atoms with Crippen LogP contribution in [0.1, 0.15) is 44.6 Å². The van der Waals surface area contributed by atoms with E-state index in [-0.39, 0.29) is 17.4 Å². The first-order valence-corrected chi connectivity index (χ1v) is 8.60. The van der Waals surface area contributed by atoms with Gasteiger partial charge in [0.1, 0.15) is 0 Å². The molecule has 3 nitrogen and oxygen atoms in total. The predicted octanol–water partition coefficient (Wildman–Crippen LogP) is 3.41. The molecule has 1 aliphatic carbocycles. The second-order valence-corrected chi connectivity index (χ2v) is 7.19. The van der Waals surface area contributed by atoms with Crippen LogP contribution in [0.25, 0.3) is 0 Å². The molecule has 3 N–H and O–H groups in total. The van der Waals surface area contributed by atoms with E-state index in [0.717, 1.165) is 23.7 Å². The Morgan fingerprint density at radius 2 is 1.90 bits per heavy atom. The molecule has 1 saturated carbocycles. The summed E-state index contributed by atoms with van der Waals surface area (Å²) in [7, 11) is 0. The van der Waals surface area contributed by atoms with Crippen molar-refractivity contribution >= 4 is 21.8 Å². The maximum Gasteiger partial charge on any atom is 0.224 e. The van der Waals surface area contributed by atoms with Crippen LogP contribution in [0.5, 0.6) is 0 Å². The van der Waals surface area contributed by atoms with E-state index in [0.29, 0.717) is 6.54 Å². The van der Waals surface area contributed by atoms with Crippen molar-refractivity contribution in [2.24, 2.45) is 11.7 Å². The molecule has 1 aliphatic rings. The lowest BCUT2D eigenvalue weighted by Gasteiger charge is -2.39. The molecule has 0 radical (unpaired) electrons. The van der Waals surface area contributed by atoms with E-state index in [1.54, 1.807) is 0 Å². The van der Waals surface area contributed by atoms with Crippen LogP contribution in [0.15, 0.2) is 28.7 Å². The van der Waals surface area contributed by atoms with E-state index < -0.39 is 0 Å². The molecular formula is C17H25BrN2O. The summed E-state index contributed by atoms with van der Waals surface area (Å²) in [6, 6.07) is 8.41. The summed E-state index contributed by atoms with van der Waals surface area (Å²) in [6.45, 7) is 2.30. The highest BCUT2D eigenvalue weighted by Gasteiger charge is 2.34. The third-order valence-electron chi connectivity index (χ3n) is 4.46. The maximum absolute atomic E-state index is 12.3. The molecule has 4 heteroatoms. The topological polar surface area (TPSA) is 55.1 Å². The third-order valence-corrected chi connectivity index (χ3v) is 4.98. The zero-order chi connectivity index (χ0) is 15.3. The normalized spacial score (nSPS) is 19.0. The van der Waals surface area contributed by atoms with Crippen molar-refractivity contribution < 1.29 is 4.79 Å². The molecule has 0 saturated heterocycles. The minimum Gasteiger partial charge on any atom is -0.350 e. The first kappa shape index (κ1) is 16.5. The van der Waals surface area contributed by atoms with Crippen molar-refractivity contribution in [2.75, 3.05) is 6.54 Å². The van der Waals surface area contributed by atoms with Gasteiger partial charge in [0.05, 0.1) is 0 Å². The zero-order valence-corrected chi connectivity index (χ0v) is 14.3. The number of nitrogens with two attached hydrogens (primary N) is 1. The first-order chi connectivity index (χ1) is 10.0. The summed E-state index contributed by atoms with van der Waals surface area (Å²) in [4.78, 5) is 12.3. The van der Waals surface area contributed by atoms with Gasteiger partial charge in [0.2, 0.25) is 5.91 Å². The molecule has 0 heterocycles. The monoisotopic (exact) mass is 352 g/mol. The highest BCUT2D eigenvalue weighted by Crippen LogP contribution is 2.32. The number of carbonyl (C=O) groups excluding carboxylic acids is 1. The van der Waals surface area contributed by atoms with Crippen LogP contribution in [-0.2, 0) is 11.2 Å². The SMILES string of the molecule is CC(CN)C(=O)NC1(Cc2ccc(Br)cc2)CCCCC1. The Bertz CT molecular complexity index is 466. The molecule has 1 aromatic carbocycles. The average Bonchev–Trinajstić information content (AvgIpc) is 2.49. The van der Waals surface area contributed by atoms with Crippen molar-refractivity contribution in [2.45, 2.75) is 51.0 Å². The highest BCUT2D eigenvalue weighted by atomic mass is 79.9. The molecule has 0 spiro atoms. The van der Waals surface area contributed by atoms with Crippen LogP contribution in [0.3, 0.4) is 0 Å². The van der Waals surface area contributed by atoms with E-state index in [4.69, 9.17) is 5.73 Å². The zero-order valence-electron chi connectivity index (χ0n) is 12.7. The molecule has 1 aromatic rings. The van der Waals surface area contributed by atoms with Crippen molar-refractivity contribution in [1.29, 1.82) is 0 Å². The highest BCUT2D eigenvalue weighted by molar-refractivity contribution is 9.10. The van der Waals surface area contributed by atoms with Gasteiger partial charge in [0.25, 0.3) is 0 Å². The lowest BCUT2D eigenvalue weighted by atomic mass is 9.77. The molecule has 21 heavy (non-hydrogen) atoms. The minimum atomic E-state index is -0.117. The fraction of sp³-hybridized carbons (Fsp3) is 0.588. The summed E-state index contributed by atoms with van der Waals surface area (Å²) < 4.78 is 1.09. The molecule has 1 unspecified atom stereocenters. The Balaban J connectivity index is 2.12. The summed E-state index contributed by atoms with van der Waals surface area (Å²) in [5, 5.41) is 3.32. The van der Waals surface area contributed by atoms with Crippen LogP contribution >= 0.6 is 15.9 Å². The molecule has 1 atom stereocenters. The predicted molar refractivity (Wildman–Crippen MR) is 90.0 cm³/mol. The number of rotatable bonds is 5. The number of amides is 1. The second kappa shape index (κ2) is 7.41. The van der Waals surface area contributed by atoms with Crippen LogP contribution in [-0.4, -0.2) is 18.0 Å². The number of nitrogens with one attached hydrogen (secondary N) is 1. The fourth-order valence-corrected chi connectivity index (χ4v) is 3.32. The number of hydrogen-bond donors (Lipinski definition) is 2. The van der Waals surface area contributed by atoms with Gasteiger partial charge in [0.15, 0.2) is 0 Å². The standard InChI is InChI=1S/C17H25BrN2O/c1-13(12-19)16(21)20-17(9-3-2-4-10-17)11-14-5-7-15(18)8-6-14/h5-8,13H,2-4,9-12,19H2,1H3,(H,20,21). The van der Waals surface area contributed by atoms with Crippen molar-refractivity contribution in [1.82, 2.24) is 5.32 Å². The van der Waals surface area contributed by atoms with Crippen LogP contribution in [0, 0.1) is 5.92 Å². The smallest absolute Gasteiger partial charge is 0.224 e. The molecule has 0 aromatic heterocycles. The van der Waals surface area contributed by atoms with Gasteiger partial charge in [-0.2, -0.15) is 0 Å². The number of benzene rings is 1. The molecule has 2 rings (SSSR count). The Hall–Kier alpha value is -0.870. The quantitative estimate of drug-likeness (QED) is 0.852. The average molecular weight is 353 g/mol. The van der Waals surface area contributed by atoms with Crippen LogP contribution < -0.4 is 11.1 Å². The van der Waals surface area contributed by atoms with Crippen molar-refractivity contribution in [3.05, 3.63) is 34.3 Å².